The van der Waals surface area contributed by atoms with Gasteiger partial charge in [-0.2, -0.15) is 0 Å². The van der Waals surface area contributed by atoms with Gasteiger partial charge in [0.15, 0.2) is 0 Å². The Morgan fingerprint density at radius 2 is 1.69 bits per heavy atom. The molecule has 1 saturated heterocycles. The summed E-state index contributed by atoms with van der Waals surface area (Å²) in [6, 6.07) is 8.38. The zero-order valence-electron chi connectivity index (χ0n) is 9.89. The number of thiol groups is 1. The Morgan fingerprint density at radius 1 is 1.06 bits per heavy atom. The monoisotopic (exact) mass is 236 g/mol. The number of likely N-dealkylation sites (N-methyl/N-ethyl adjacent to an activating group) is 1. The van der Waals surface area contributed by atoms with Crippen LogP contribution in [-0.4, -0.2) is 42.5 Å². The van der Waals surface area contributed by atoms with E-state index in [-0.39, 0.29) is 0 Å². The van der Waals surface area contributed by atoms with Crippen molar-refractivity contribution in [2.75, 3.05) is 32.7 Å². The number of benzene rings is 1. The standard InChI is InChI=1S/C13H20N2S/c1-2-14-7-9-15(10-8-14)11-12-5-3-4-6-13(12)16/h3-6,16H,2,7-11H2,1H3. The molecule has 0 spiro atoms. The van der Waals surface area contributed by atoms with Crippen LogP contribution in [0.4, 0.5) is 0 Å². The van der Waals surface area contributed by atoms with E-state index in [9.17, 15) is 0 Å². The van der Waals surface area contributed by atoms with Crippen LogP contribution in [0.3, 0.4) is 0 Å². The maximum absolute atomic E-state index is 4.50. The van der Waals surface area contributed by atoms with E-state index in [0.717, 1.165) is 11.4 Å². The molecule has 0 radical (unpaired) electrons. The Labute approximate surface area is 104 Å². The quantitative estimate of drug-likeness (QED) is 0.803. The minimum Gasteiger partial charge on any atom is -0.301 e. The smallest absolute Gasteiger partial charge is 0.0245 e. The average Bonchev–Trinajstić information content (AvgIpc) is 2.33. The van der Waals surface area contributed by atoms with Crippen molar-refractivity contribution in [2.45, 2.75) is 18.4 Å². The van der Waals surface area contributed by atoms with Gasteiger partial charge in [-0.15, -0.1) is 12.6 Å². The fourth-order valence-corrected chi connectivity index (χ4v) is 2.38. The van der Waals surface area contributed by atoms with Gasteiger partial charge in [-0.1, -0.05) is 25.1 Å². The van der Waals surface area contributed by atoms with Crippen molar-refractivity contribution in [3.8, 4) is 0 Å². The zero-order valence-corrected chi connectivity index (χ0v) is 10.8. The summed E-state index contributed by atoms with van der Waals surface area (Å²) in [5, 5.41) is 0. The van der Waals surface area contributed by atoms with Crippen molar-refractivity contribution in [3.63, 3.8) is 0 Å². The van der Waals surface area contributed by atoms with Gasteiger partial charge in [-0.25, -0.2) is 0 Å². The lowest BCUT2D eigenvalue weighted by Crippen LogP contribution is -2.45. The predicted octanol–water partition coefficient (Wildman–Crippen LogP) is 2.11. The molecule has 1 aromatic carbocycles. The first kappa shape index (κ1) is 12.0. The molecule has 0 aliphatic carbocycles. The van der Waals surface area contributed by atoms with E-state index in [0.29, 0.717) is 0 Å². The minimum atomic E-state index is 1.04. The zero-order chi connectivity index (χ0) is 11.4. The molecule has 3 heteroatoms. The molecule has 0 saturated carbocycles. The van der Waals surface area contributed by atoms with Gasteiger partial charge in [0.1, 0.15) is 0 Å². The molecule has 1 fully saturated rings. The fourth-order valence-electron chi connectivity index (χ4n) is 2.15. The van der Waals surface area contributed by atoms with Crippen LogP contribution in [0.1, 0.15) is 12.5 Å². The summed E-state index contributed by atoms with van der Waals surface area (Å²) in [5.41, 5.74) is 1.34. The number of rotatable bonds is 3. The molecule has 0 N–H and O–H groups in total. The largest absolute Gasteiger partial charge is 0.301 e. The summed E-state index contributed by atoms with van der Waals surface area (Å²) < 4.78 is 0. The number of hydrogen-bond donors (Lipinski definition) is 1. The van der Waals surface area contributed by atoms with Crippen molar-refractivity contribution < 1.29 is 0 Å². The lowest BCUT2D eigenvalue weighted by Gasteiger charge is -2.34. The van der Waals surface area contributed by atoms with Crippen LogP contribution in [0.15, 0.2) is 29.2 Å². The first-order chi connectivity index (χ1) is 7.79. The topological polar surface area (TPSA) is 6.48 Å². The van der Waals surface area contributed by atoms with Crippen molar-refractivity contribution >= 4 is 12.6 Å². The molecular weight excluding hydrogens is 216 g/mol. The van der Waals surface area contributed by atoms with Crippen LogP contribution in [0.5, 0.6) is 0 Å². The van der Waals surface area contributed by atoms with E-state index in [2.05, 4.69) is 47.6 Å². The summed E-state index contributed by atoms with van der Waals surface area (Å²) in [7, 11) is 0. The molecule has 2 nitrogen and oxygen atoms in total. The molecule has 1 aliphatic rings. The third-order valence-electron chi connectivity index (χ3n) is 3.30. The number of nitrogens with zero attached hydrogens (tertiary/aromatic N) is 2. The Bertz CT molecular complexity index is 332. The minimum absolute atomic E-state index is 1.04. The molecule has 16 heavy (non-hydrogen) atoms. The maximum Gasteiger partial charge on any atom is 0.0245 e. The normalized spacial score (nSPS) is 18.9. The molecule has 88 valence electrons. The van der Waals surface area contributed by atoms with E-state index in [1.807, 2.05) is 6.07 Å². The Kier molecular flexibility index (Phi) is 4.27. The highest BCUT2D eigenvalue weighted by atomic mass is 32.1. The highest BCUT2D eigenvalue weighted by Crippen LogP contribution is 2.16. The lowest BCUT2D eigenvalue weighted by atomic mass is 10.2. The van der Waals surface area contributed by atoms with Gasteiger partial charge < -0.3 is 4.90 Å². The van der Waals surface area contributed by atoms with Crippen molar-refractivity contribution in [1.29, 1.82) is 0 Å². The van der Waals surface area contributed by atoms with Crippen LogP contribution >= 0.6 is 12.6 Å². The molecule has 0 unspecified atom stereocenters. The molecular formula is C13H20N2S. The van der Waals surface area contributed by atoms with Crippen LogP contribution < -0.4 is 0 Å². The molecule has 1 aromatic rings. The highest BCUT2D eigenvalue weighted by Gasteiger charge is 2.15. The predicted molar refractivity (Wildman–Crippen MR) is 71.1 cm³/mol. The maximum atomic E-state index is 4.50. The molecule has 1 heterocycles. The van der Waals surface area contributed by atoms with E-state index < -0.39 is 0 Å². The van der Waals surface area contributed by atoms with Crippen LogP contribution in [0, 0.1) is 0 Å². The summed E-state index contributed by atoms with van der Waals surface area (Å²) in [6.07, 6.45) is 0. The van der Waals surface area contributed by atoms with E-state index >= 15 is 0 Å². The summed E-state index contributed by atoms with van der Waals surface area (Å²) in [4.78, 5) is 6.13. The number of hydrogen-bond acceptors (Lipinski definition) is 3. The third kappa shape index (κ3) is 3.00. The molecule has 2 rings (SSSR count). The second-order valence-corrected chi connectivity index (χ2v) is 4.82. The number of piperazine rings is 1. The van der Waals surface area contributed by atoms with E-state index in [1.165, 1.54) is 38.3 Å². The third-order valence-corrected chi connectivity index (χ3v) is 3.73. The second kappa shape index (κ2) is 5.71. The van der Waals surface area contributed by atoms with Gasteiger partial charge >= 0.3 is 0 Å². The van der Waals surface area contributed by atoms with Gasteiger partial charge in [-0.05, 0) is 18.2 Å². The fraction of sp³-hybridized carbons (Fsp3) is 0.538. The molecule has 0 bridgehead atoms. The second-order valence-electron chi connectivity index (χ2n) is 4.34. The van der Waals surface area contributed by atoms with Crippen molar-refractivity contribution in [1.82, 2.24) is 9.80 Å². The summed E-state index contributed by atoms with van der Waals surface area (Å²) in [6.45, 7) is 9.20. The van der Waals surface area contributed by atoms with Crippen molar-refractivity contribution in [2.24, 2.45) is 0 Å². The molecule has 0 amide bonds. The molecule has 0 aromatic heterocycles. The first-order valence-electron chi connectivity index (χ1n) is 6.01. The van der Waals surface area contributed by atoms with Gasteiger partial charge in [0.2, 0.25) is 0 Å². The van der Waals surface area contributed by atoms with Crippen LogP contribution in [0.2, 0.25) is 0 Å². The van der Waals surface area contributed by atoms with Gasteiger partial charge in [0.05, 0.1) is 0 Å². The lowest BCUT2D eigenvalue weighted by molar-refractivity contribution is 0.131. The summed E-state index contributed by atoms with van der Waals surface area (Å²) in [5.74, 6) is 0. The van der Waals surface area contributed by atoms with Crippen LogP contribution in [-0.2, 0) is 6.54 Å². The average molecular weight is 236 g/mol. The summed E-state index contributed by atoms with van der Waals surface area (Å²) >= 11 is 4.50. The Hall–Kier alpha value is -0.510. The van der Waals surface area contributed by atoms with E-state index in [1.54, 1.807) is 0 Å². The Morgan fingerprint density at radius 3 is 2.31 bits per heavy atom. The van der Waals surface area contributed by atoms with Gasteiger partial charge in [0, 0.05) is 37.6 Å². The van der Waals surface area contributed by atoms with Crippen LogP contribution in [0.25, 0.3) is 0 Å². The first-order valence-corrected chi connectivity index (χ1v) is 6.46. The SMILES string of the molecule is CCN1CCN(Cc2ccccc2S)CC1. The molecule has 0 atom stereocenters. The van der Waals surface area contributed by atoms with Crippen molar-refractivity contribution in [3.05, 3.63) is 29.8 Å². The molecule has 1 aliphatic heterocycles. The van der Waals surface area contributed by atoms with E-state index in [4.69, 9.17) is 0 Å². The van der Waals surface area contributed by atoms with Gasteiger partial charge in [-0.3, -0.25) is 4.90 Å². The Balaban J connectivity index is 1.89. The highest BCUT2D eigenvalue weighted by molar-refractivity contribution is 7.80. The van der Waals surface area contributed by atoms with Gasteiger partial charge in [0.25, 0.3) is 0 Å².